The first kappa shape index (κ1) is 25.8. The molecule has 1 atom stereocenters. The zero-order chi connectivity index (χ0) is 26.9. The van der Waals surface area contributed by atoms with Gasteiger partial charge in [-0.05, 0) is 60.6 Å². The molecule has 0 fully saturated rings. The molecule has 196 valence electrons. The van der Waals surface area contributed by atoms with Crippen molar-refractivity contribution in [3.05, 3.63) is 100 Å². The summed E-state index contributed by atoms with van der Waals surface area (Å²) in [4.78, 5) is 21.2. The molecule has 7 nitrogen and oxygen atoms in total. The van der Waals surface area contributed by atoms with Crippen LogP contribution in [0.25, 0.3) is 11.1 Å². The topological polar surface area (TPSA) is 102 Å². The zero-order valence-corrected chi connectivity index (χ0v) is 21.8. The van der Waals surface area contributed by atoms with E-state index in [9.17, 15) is 22.7 Å². The van der Waals surface area contributed by atoms with Crippen LogP contribution in [0.1, 0.15) is 55.6 Å². The molecule has 0 saturated heterocycles. The molecule has 0 spiro atoms. The van der Waals surface area contributed by atoms with Gasteiger partial charge < -0.3 is 5.11 Å². The Bertz CT molecular complexity index is 1650. The minimum atomic E-state index is -4.42. The fourth-order valence-electron chi connectivity index (χ4n) is 5.13. The van der Waals surface area contributed by atoms with Crippen molar-refractivity contribution >= 4 is 9.84 Å². The predicted octanol–water partition coefficient (Wildman–Crippen LogP) is 5.25. The van der Waals surface area contributed by atoms with Gasteiger partial charge in [0.15, 0.2) is 4.90 Å². The standard InChI is InChI=1S/C29H28FN3O4S/c1-2-3-11-26-32-28(34)27(29(35)33(26)25-10-6-8-20-7-4-5-9-24(20)25)38(36,37)23-14-12-19(13-15-23)21-16-22(30)18-31-17-21/h4-5,7,9,12-18,25,34H,2-3,6,8,10-11H2,1H3/t25-/m0/s1. The van der Waals surface area contributed by atoms with Crippen LogP contribution >= 0.6 is 0 Å². The average Bonchev–Trinajstić information content (AvgIpc) is 2.91. The van der Waals surface area contributed by atoms with Crippen molar-refractivity contribution in [1.29, 1.82) is 0 Å². The fourth-order valence-corrected chi connectivity index (χ4v) is 6.47. The number of nitrogens with zero attached hydrogens (tertiary/aromatic N) is 3. The molecule has 1 aliphatic rings. The Morgan fingerprint density at radius 1 is 1.08 bits per heavy atom. The van der Waals surface area contributed by atoms with Crippen LogP contribution in [0.15, 0.2) is 81.6 Å². The highest BCUT2D eigenvalue weighted by molar-refractivity contribution is 7.91. The first-order chi connectivity index (χ1) is 18.3. The summed E-state index contributed by atoms with van der Waals surface area (Å²) in [6.45, 7) is 2.01. The van der Waals surface area contributed by atoms with Crippen LogP contribution in [0.4, 0.5) is 4.39 Å². The van der Waals surface area contributed by atoms with Crippen LogP contribution in [-0.4, -0.2) is 28.1 Å². The molecule has 1 aliphatic carbocycles. The molecule has 0 bridgehead atoms. The molecule has 0 radical (unpaired) electrons. The van der Waals surface area contributed by atoms with E-state index in [2.05, 4.69) is 9.97 Å². The number of pyridine rings is 1. The maximum atomic E-state index is 14.0. The summed E-state index contributed by atoms with van der Waals surface area (Å²) in [5.74, 6) is -0.924. The number of rotatable bonds is 7. The Hall–Kier alpha value is -3.85. The van der Waals surface area contributed by atoms with Crippen molar-refractivity contribution in [3.8, 4) is 17.0 Å². The molecule has 4 aromatic rings. The van der Waals surface area contributed by atoms with Gasteiger partial charge in [0.1, 0.15) is 11.6 Å². The lowest BCUT2D eigenvalue weighted by molar-refractivity contribution is 0.396. The van der Waals surface area contributed by atoms with Gasteiger partial charge in [-0.2, -0.15) is 4.98 Å². The molecule has 0 amide bonds. The number of unbranched alkanes of at least 4 members (excludes halogenated alkanes) is 1. The largest absolute Gasteiger partial charge is 0.492 e. The van der Waals surface area contributed by atoms with Crippen molar-refractivity contribution < 1.29 is 17.9 Å². The quantitative estimate of drug-likeness (QED) is 0.348. The average molecular weight is 534 g/mol. The van der Waals surface area contributed by atoms with Gasteiger partial charge in [0.25, 0.3) is 5.56 Å². The number of fused-ring (bicyclic) bond motifs is 1. The summed E-state index contributed by atoms with van der Waals surface area (Å²) in [5.41, 5.74) is 2.37. The van der Waals surface area contributed by atoms with Gasteiger partial charge in [-0.25, -0.2) is 12.8 Å². The molecular formula is C29H28FN3O4S. The van der Waals surface area contributed by atoms with Crippen LogP contribution in [0.5, 0.6) is 5.88 Å². The van der Waals surface area contributed by atoms with Gasteiger partial charge in [0, 0.05) is 18.2 Å². The predicted molar refractivity (Wildman–Crippen MR) is 141 cm³/mol. The maximum absolute atomic E-state index is 14.0. The van der Waals surface area contributed by atoms with Crippen molar-refractivity contribution in [1.82, 2.24) is 14.5 Å². The number of benzene rings is 2. The third-order valence-electron chi connectivity index (χ3n) is 7.00. The van der Waals surface area contributed by atoms with E-state index in [0.717, 1.165) is 43.0 Å². The second-order valence-corrected chi connectivity index (χ2v) is 11.4. The van der Waals surface area contributed by atoms with Crippen LogP contribution in [0, 0.1) is 5.82 Å². The molecule has 1 N–H and O–H groups in total. The third-order valence-corrected chi connectivity index (χ3v) is 8.79. The monoisotopic (exact) mass is 533 g/mol. The van der Waals surface area contributed by atoms with Crippen LogP contribution in [0.2, 0.25) is 0 Å². The van der Waals surface area contributed by atoms with E-state index in [0.29, 0.717) is 29.8 Å². The van der Waals surface area contributed by atoms with Gasteiger partial charge in [0.05, 0.1) is 17.1 Å². The Morgan fingerprint density at radius 3 is 2.58 bits per heavy atom. The zero-order valence-electron chi connectivity index (χ0n) is 21.0. The SMILES string of the molecule is CCCCc1nc(O)c(S(=O)(=O)c2ccc(-c3cncc(F)c3)cc2)c(=O)n1[C@H]1CCCc2ccccc21. The number of hydrogen-bond acceptors (Lipinski definition) is 6. The second kappa shape index (κ2) is 10.5. The van der Waals surface area contributed by atoms with E-state index < -0.39 is 32.0 Å². The lowest BCUT2D eigenvalue weighted by atomic mass is 9.87. The molecule has 2 aromatic carbocycles. The molecule has 0 aliphatic heterocycles. The van der Waals surface area contributed by atoms with E-state index in [-0.39, 0.29) is 10.9 Å². The molecule has 5 rings (SSSR count). The highest BCUT2D eigenvalue weighted by Gasteiger charge is 2.33. The van der Waals surface area contributed by atoms with Gasteiger partial charge in [0.2, 0.25) is 15.7 Å². The molecule has 38 heavy (non-hydrogen) atoms. The summed E-state index contributed by atoms with van der Waals surface area (Å²) < 4.78 is 42.5. The first-order valence-corrected chi connectivity index (χ1v) is 14.2. The molecule has 0 saturated carbocycles. The van der Waals surface area contributed by atoms with Crippen LogP contribution in [-0.2, 0) is 22.7 Å². The summed E-state index contributed by atoms with van der Waals surface area (Å²) >= 11 is 0. The number of aryl methyl sites for hydroxylation is 2. The summed E-state index contributed by atoms with van der Waals surface area (Å²) in [7, 11) is -4.42. The minimum Gasteiger partial charge on any atom is -0.492 e. The molecule has 2 aromatic heterocycles. The smallest absolute Gasteiger partial charge is 0.277 e. The number of sulfone groups is 1. The highest BCUT2D eigenvalue weighted by atomic mass is 32.2. The van der Waals surface area contributed by atoms with E-state index in [1.165, 1.54) is 41.1 Å². The number of halogens is 1. The number of aromatic nitrogens is 3. The van der Waals surface area contributed by atoms with Gasteiger partial charge in [-0.3, -0.25) is 14.3 Å². The Balaban J connectivity index is 1.63. The third kappa shape index (κ3) is 4.74. The molecule has 9 heteroatoms. The van der Waals surface area contributed by atoms with E-state index in [4.69, 9.17) is 0 Å². The van der Waals surface area contributed by atoms with Gasteiger partial charge in [-0.1, -0.05) is 49.7 Å². The van der Waals surface area contributed by atoms with Gasteiger partial charge in [-0.15, -0.1) is 0 Å². The molecule has 0 unspecified atom stereocenters. The lowest BCUT2D eigenvalue weighted by Crippen LogP contribution is -2.35. The first-order valence-electron chi connectivity index (χ1n) is 12.7. The van der Waals surface area contributed by atoms with Crippen LogP contribution in [0.3, 0.4) is 0 Å². The van der Waals surface area contributed by atoms with E-state index in [1.807, 2.05) is 31.2 Å². The van der Waals surface area contributed by atoms with Crippen molar-refractivity contribution in [2.45, 2.75) is 61.3 Å². The maximum Gasteiger partial charge on any atom is 0.277 e. The van der Waals surface area contributed by atoms with E-state index in [1.54, 1.807) is 0 Å². The fraction of sp³-hybridized carbons (Fsp3) is 0.276. The number of hydrogen-bond donors (Lipinski definition) is 1. The highest BCUT2D eigenvalue weighted by Crippen LogP contribution is 2.35. The molecular weight excluding hydrogens is 505 g/mol. The van der Waals surface area contributed by atoms with E-state index >= 15 is 0 Å². The molecule has 2 heterocycles. The lowest BCUT2D eigenvalue weighted by Gasteiger charge is -2.29. The van der Waals surface area contributed by atoms with Crippen molar-refractivity contribution in [3.63, 3.8) is 0 Å². The Labute approximate surface area is 220 Å². The summed E-state index contributed by atoms with van der Waals surface area (Å²) in [6, 6.07) is 14.5. The minimum absolute atomic E-state index is 0.170. The second-order valence-electron chi connectivity index (χ2n) is 9.49. The Morgan fingerprint density at radius 2 is 1.84 bits per heavy atom. The normalized spacial score (nSPS) is 15.3. The van der Waals surface area contributed by atoms with Crippen molar-refractivity contribution in [2.24, 2.45) is 0 Å². The summed E-state index contributed by atoms with van der Waals surface area (Å²) in [5, 5.41) is 10.8. The number of aromatic hydroxyl groups is 1. The van der Waals surface area contributed by atoms with Gasteiger partial charge >= 0.3 is 0 Å². The van der Waals surface area contributed by atoms with Crippen molar-refractivity contribution in [2.75, 3.05) is 0 Å². The Kier molecular flexibility index (Phi) is 7.12. The summed E-state index contributed by atoms with van der Waals surface area (Å²) in [6.07, 6.45) is 6.98. The van der Waals surface area contributed by atoms with Crippen LogP contribution < -0.4 is 5.56 Å².